The maximum Gasteiger partial charge on any atom is 0.138 e. The molecule has 0 aromatic heterocycles. The van der Waals surface area contributed by atoms with Crippen LogP contribution in [0.2, 0.25) is 0 Å². The summed E-state index contributed by atoms with van der Waals surface area (Å²) in [5.41, 5.74) is 2.09. The molecule has 0 aliphatic heterocycles. The van der Waals surface area contributed by atoms with Gasteiger partial charge in [0.15, 0.2) is 0 Å². The lowest BCUT2D eigenvalue weighted by atomic mass is 10.2. The minimum Gasteiger partial charge on any atom is -0.299 e. The molecule has 0 fully saturated rings. The highest BCUT2D eigenvalue weighted by atomic mass is 16.1. The van der Waals surface area contributed by atoms with Gasteiger partial charge in [0.2, 0.25) is 0 Å². The number of hydrazone groups is 1. The average molecular weight is 232 g/mol. The summed E-state index contributed by atoms with van der Waals surface area (Å²) in [6.45, 7) is 4.54. The van der Waals surface area contributed by atoms with E-state index in [0.29, 0.717) is 12.8 Å². The molecule has 3 nitrogen and oxygen atoms in total. The molecule has 0 aliphatic rings. The van der Waals surface area contributed by atoms with Gasteiger partial charge in [0, 0.05) is 25.6 Å². The summed E-state index contributed by atoms with van der Waals surface area (Å²) in [6, 6.07) is 10.2. The molecule has 0 N–H and O–H groups in total. The number of hydrogen-bond donors (Lipinski definition) is 0. The molecule has 0 spiro atoms. The third-order valence-corrected chi connectivity index (χ3v) is 2.44. The first-order chi connectivity index (χ1) is 8.11. The molecule has 0 radical (unpaired) electrons. The van der Waals surface area contributed by atoms with Crippen molar-refractivity contribution in [2.24, 2.45) is 5.10 Å². The molecule has 0 aliphatic carbocycles. The summed E-state index contributed by atoms with van der Waals surface area (Å²) in [7, 11) is 1.92. The van der Waals surface area contributed by atoms with Gasteiger partial charge in [0.25, 0.3) is 0 Å². The largest absolute Gasteiger partial charge is 0.299 e. The Balaban J connectivity index is 2.51. The van der Waals surface area contributed by atoms with Crippen LogP contribution in [0.15, 0.2) is 35.4 Å². The van der Waals surface area contributed by atoms with Gasteiger partial charge in [-0.15, -0.1) is 0 Å². The molecule has 92 valence electrons. The first kappa shape index (κ1) is 13.4. The number of carbonyl (C=O) groups is 1. The molecule has 1 aromatic rings. The van der Waals surface area contributed by atoms with E-state index >= 15 is 0 Å². The maximum atomic E-state index is 11.3. The van der Waals surface area contributed by atoms with Gasteiger partial charge in [-0.05, 0) is 12.5 Å². The van der Waals surface area contributed by atoms with Gasteiger partial charge < -0.3 is 0 Å². The zero-order valence-electron chi connectivity index (χ0n) is 10.8. The SMILES string of the molecule is CCC(=O)CC(C)=NN(C)Cc1ccccc1. The van der Waals surface area contributed by atoms with E-state index in [1.165, 1.54) is 5.56 Å². The highest BCUT2D eigenvalue weighted by Gasteiger charge is 2.02. The van der Waals surface area contributed by atoms with Crippen LogP contribution in [0.5, 0.6) is 0 Å². The highest BCUT2D eigenvalue weighted by Crippen LogP contribution is 2.03. The monoisotopic (exact) mass is 232 g/mol. The second kappa shape index (κ2) is 6.84. The predicted octanol–water partition coefficient (Wildman–Crippen LogP) is 2.86. The zero-order valence-corrected chi connectivity index (χ0v) is 10.8. The first-order valence-electron chi connectivity index (χ1n) is 5.92. The average Bonchev–Trinajstić information content (AvgIpc) is 2.29. The number of Topliss-reactive ketones (excluding diaryl/α,β-unsaturated/α-hetero) is 1. The summed E-state index contributed by atoms with van der Waals surface area (Å²) < 4.78 is 0. The van der Waals surface area contributed by atoms with Gasteiger partial charge in [-0.25, -0.2) is 0 Å². The van der Waals surface area contributed by atoms with Crippen LogP contribution in [0, 0.1) is 0 Å². The van der Waals surface area contributed by atoms with Crippen molar-refractivity contribution >= 4 is 11.5 Å². The summed E-state index contributed by atoms with van der Waals surface area (Å²) in [5.74, 6) is 0.236. The normalized spacial score (nSPS) is 11.4. The van der Waals surface area contributed by atoms with Gasteiger partial charge in [-0.1, -0.05) is 37.3 Å². The molecule has 0 bridgehead atoms. The number of carbonyl (C=O) groups excluding carboxylic acids is 1. The minimum atomic E-state index is 0.236. The van der Waals surface area contributed by atoms with Gasteiger partial charge in [-0.2, -0.15) is 5.10 Å². The Kier molecular flexibility index (Phi) is 5.40. The van der Waals surface area contributed by atoms with Gasteiger partial charge >= 0.3 is 0 Å². The van der Waals surface area contributed by atoms with E-state index in [1.54, 1.807) is 0 Å². The van der Waals surface area contributed by atoms with Crippen LogP contribution >= 0.6 is 0 Å². The molecule has 0 atom stereocenters. The van der Waals surface area contributed by atoms with Crippen molar-refractivity contribution in [1.82, 2.24) is 5.01 Å². The van der Waals surface area contributed by atoms with Crippen LogP contribution in [-0.2, 0) is 11.3 Å². The van der Waals surface area contributed by atoms with E-state index in [4.69, 9.17) is 0 Å². The fourth-order valence-corrected chi connectivity index (χ4v) is 1.62. The van der Waals surface area contributed by atoms with Crippen molar-refractivity contribution in [3.05, 3.63) is 35.9 Å². The lowest BCUT2D eigenvalue weighted by Gasteiger charge is -2.14. The summed E-state index contributed by atoms with van der Waals surface area (Å²) in [6.07, 6.45) is 1.03. The van der Waals surface area contributed by atoms with Crippen LogP contribution in [-0.4, -0.2) is 23.6 Å². The molecular weight excluding hydrogens is 212 g/mol. The Labute approximate surface area is 103 Å². The lowest BCUT2D eigenvalue weighted by Crippen LogP contribution is -2.14. The molecule has 0 saturated heterocycles. The van der Waals surface area contributed by atoms with Crippen molar-refractivity contribution in [3.63, 3.8) is 0 Å². The van der Waals surface area contributed by atoms with Crippen molar-refractivity contribution in [2.75, 3.05) is 7.05 Å². The fourth-order valence-electron chi connectivity index (χ4n) is 1.62. The Hall–Kier alpha value is -1.64. The zero-order chi connectivity index (χ0) is 12.7. The molecule has 1 aromatic carbocycles. The van der Waals surface area contributed by atoms with Crippen molar-refractivity contribution in [2.45, 2.75) is 33.2 Å². The topological polar surface area (TPSA) is 32.7 Å². The predicted molar refractivity (Wildman–Crippen MR) is 70.9 cm³/mol. The van der Waals surface area contributed by atoms with Crippen LogP contribution < -0.4 is 0 Å². The minimum absolute atomic E-state index is 0.236. The van der Waals surface area contributed by atoms with E-state index < -0.39 is 0 Å². The second-order valence-corrected chi connectivity index (χ2v) is 4.21. The van der Waals surface area contributed by atoms with E-state index in [0.717, 1.165) is 12.3 Å². The smallest absolute Gasteiger partial charge is 0.138 e. The molecule has 17 heavy (non-hydrogen) atoms. The summed E-state index contributed by atoms with van der Waals surface area (Å²) in [5, 5.41) is 6.26. The Bertz CT molecular complexity index is 384. The van der Waals surface area contributed by atoms with Crippen LogP contribution in [0.1, 0.15) is 32.3 Å². The molecule has 1 rings (SSSR count). The van der Waals surface area contributed by atoms with Gasteiger partial charge in [0.1, 0.15) is 5.78 Å². The second-order valence-electron chi connectivity index (χ2n) is 4.21. The van der Waals surface area contributed by atoms with E-state index in [-0.39, 0.29) is 5.78 Å². The standard InChI is InChI=1S/C14H20N2O/c1-4-14(17)10-12(2)15-16(3)11-13-8-6-5-7-9-13/h5-9H,4,10-11H2,1-3H3. The number of nitrogens with zero attached hydrogens (tertiary/aromatic N) is 2. The molecule has 0 amide bonds. The summed E-state index contributed by atoms with van der Waals surface area (Å²) in [4.78, 5) is 11.3. The Morgan fingerprint density at radius 1 is 1.29 bits per heavy atom. The van der Waals surface area contributed by atoms with E-state index in [9.17, 15) is 4.79 Å². The van der Waals surface area contributed by atoms with Crippen LogP contribution in [0.4, 0.5) is 0 Å². The van der Waals surface area contributed by atoms with Crippen molar-refractivity contribution in [3.8, 4) is 0 Å². The molecule has 0 saturated carbocycles. The number of rotatable bonds is 6. The summed E-state index contributed by atoms with van der Waals surface area (Å²) >= 11 is 0. The van der Waals surface area contributed by atoms with Crippen molar-refractivity contribution in [1.29, 1.82) is 0 Å². The quantitative estimate of drug-likeness (QED) is 0.558. The number of hydrogen-bond acceptors (Lipinski definition) is 3. The third-order valence-electron chi connectivity index (χ3n) is 2.44. The maximum absolute atomic E-state index is 11.3. The van der Waals surface area contributed by atoms with Crippen LogP contribution in [0.3, 0.4) is 0 Å². The van der Waals surface area contributed by atoms with Crippen molar-refractivity contribution < 1.29 is 4.79 Å². The lowest BCUT2D eigenvalue weighted by molar-refractivity contribution is -0.117. The fraction of sp³-hybridized carbons (Fsp3) is 0.429. The van der Waals surface area contributed by atoms with E-state index in [2.05, 4.69) is 17.2 Å². The van der Waals surface area contributed by atoms with Gasteiger partial charge in [0.05, 0.1) is 6.54 Å². The Morgan fingerprint density at radius 2 is 1.94 bits per heavy atom. The molecular formula is C14H20N2O. The third kappa shape index (κ3) is 5.29. The highest BCUT2D eigenvalue weighted by molar-refractivity contribution is 6.00. The number of benzene rings is 1. The number of ketones is 1. The Morgan fingerprint density at radius 3 is 2.53 bits per heavy atom. The first-order valence-corrected chi connectivity index (χ1v) is 5.92. The van der Waals surface area contributed by atoms with E-state index in [1.807, 2.05) is 44.1 Å². The molecule has 0 unspecified atom stereocenters. The molecule has 3 heteroatoms. The molecule has 0 heterocycles. The van der Waals surface area contributed by atoms with Gasteiger partial charge in [-0.3, -0.25) is 9.80 Å². The van der Waals surface area contributed by atoms with Crippen LogP contribution in [0.25, 0.3) is 0 Å².